The lowest BCUT2D eigenvalue weighted by Crippen LogP contribution is -2.28. The summed E-state index contributed by atoms with van der Waals surface area (Å²) >= 11 is 0. The van der Waals surface area contributed by atoms with Crippen molar-refractivity contribution < 1.29 is 0 Å². The summed E-state index contributed by atoms with van der Waals surface area (Å²) < 4.78 is 0. The zero-order valence-electron chi connectivity index (χ0n) is 16.4. The third-order valence-electron chi connectivity index (χ3n) is 5.64. The third kappa shape index (κ3) is 4.52. The van der Waals surface area contributed by atoms with Gasteiger partial charge in [0.2, 0.25) is 0 Å². The molecule has 138 valence electrons. The quantitative estimate of drug-likeness (QED) is 0.696. The maximum absolute atomic E-state index is 9.28. The molecule has 0 aliphatic heterocycles. The molecule has 0 spiro atoms. The fourth-order valence-electron chi connectivity index (χ4n) is 3.83. The highest BCUT2D eigenvalue weighted by atomic mass is 14.7. The lowest BCUT2D eigenvalue weighted by molar-refractivity contribution is 0.292. The summed E-state index contributed by atoms with van der Waals surface area (Å²) in [6.07, 6.45) is 8.47. The van der Waals surface area contributed by atoms with Gasteiger partial charge in [-0.15, -0.1) is 0 Å². The first-order valence-corrected chi connectivity index (χ1v) is 9.78. The van der Waals surface area contributed by atoms with Crippen LogP contribution in [-0.2, 0) is 0 Å². The van der Waals surface area contributed by atoms with Gasteiger partial charge in [0, 0.05) is 29.6 Å². The monoisotopic (exact) mass is 357 g/mol. The number of aliphatic imine (C=N–C) groups is 1. The van der Waals surface area contributed by atoms with Gasteiger partial charge in [-0.25, -0.2) is 0 Å². The van der Waals surface area contributed by atoms with Gasteiger partial charge in [-0.05, 0) is 55.7 Å². The molecule has 0 saturated heterocycles. The minimum absolute atomic E-state index is 0.514. The fourth-order valence-corrected chi connectivity index (χ4v) is 3.83. The van der Waals surface area contributed by atoms with Crippen LogP contribution in [0.3, 0.4) is 0 Å². The number of rotatable bonds is 4. The van der Waals surface area contributed by atoms with Crippen molar-refractivity contribution in [2.24, 2.45) is 22.7 Å². The van der Waals surface area contributed by atoms with Crippen molar-refractivity contribution in [2.45, 2.75) is 33.6 Å². The topological polar surface area (TPSA) is 49.0 Å². The second-order valence-electron chi connectivity index (χ2n) is 7.44. The molecule has 27 heavy (non-hydrogen) atoms. The van der Waals surface area contributed by atoms with Gasteiger partial charge < -0.3 is 0 Å². The Morgan fingerprint density at radius 3 is 2.70 bits per heavy atom. The smallest absolute Gasteiger partial charge is 0.0998 e. The van der Waals surface area contributed by atoms with Crippen LogP contribution in [0.1, 0.15) is 44.9 Å². The molecule has 1 aromatic carbocycles. The zero-order chi connectivity index (χ0) is 19.2. The van der Waals surface area contributed by atoms with Crippen LogP contribution < -0.4 is 0 Å². The van der Waals surface area contributed by atoms with Crippen molar-refractivity contribution in [2.75, 3.05) is 6.54 Å². The number of benzene rings is 1. The molecule has 1 saturated carbocycles. The number of pyridine rings is 1. The highest BCUT2D eigenvalue weighted by molar-refractivity contribution is 5.86. The van der Waals surface area contributed by atoms with Crippen LogP contribution in [0.5, 0.6) is 0 Å². The van der Waals surface area contributed by atoms with Gasteiger partial charge >= 0.3 is 0 Å². The normalized spacial score (nSPS) is 24.2. The van der Waals surface area contributed by atoms with E-state index in [1.165, 1.54) is 5.71 Å². The number of nitrogens with zero attached hydrogens (tertiary/aromatic N) is 3. The lowest BCUT2D eigenvalue weighted by atomic mass is 9.73. The van der Waals surface area contributed by atoms with Crippen molar-refractivity contribution in [3.63, 3.8) is 0 Å². The maximum Gasteiger partial charge on any atom is 0.0998 e. The number of hydrogen-bond acceptors (Lipinski definition) is 3. The molecule has 3 atom stereocenters. The molecule has 0 radical (unpaired) electrons. The first-order valence-electron chi connectivity index (χ1n) is 9.78. The Bertz CT molecular complexity index is 871. The molecule has 3 nitrogen and oxygen atoms in total. The van der Waals surface area contributed by atoms with E-state index in [0.717, 1.165) is 36.2 Å². The van der Waals surface area contributed by atoms with E-state index >= 15 is 0 Å². The summed E-state index contributed by atoms with van der Waals surface area (Å²) in [5.74, 6) is 1.83. The van der Waals surface area contributed by atoms with Gasteiger partial charge in [0.15, 0.2) is 0 Å². The van der Waals surface area contributed by atoms with Gasteiger partial charge in [0.25, 0.3) is 0 Å². The van der Waals surface area contributed by atoms with Crippen LogP contribution >= 0.6 is 0 Å². The Labute approximate surface area is 162 Å². The summed E-state index contributed by atoms with van der Waals surface area (Å²) in [6.45, 7) is 7.66. The van der Waals surface area contributed by atoms with Crippen molar-refractivity contribution in [1.82, 2.24) is 4.98 Å². The number of nitriles is 1. The standard InChI is InChI=1S/C24H27N3/c1-4-26-23-13-17(2)18(3)19(14-23)9-11-22-12-10-21(16-27-22)24-8-6-5-7-20(24)15-25/h5-12,16-19H,4,13-14H2,1-3H3/b11-9+,26-23?/t17-,18+,19+/m0/s1. The third-order valence-corrected chi connectivity index (χ3v) is 5.64. The van der Waals surface area contributed by atoms with E-state index in [0.29, 0.717) is 23.3 Å². The molecule has 0 unspecified atom stereocenters. The minimum atomic E-state index is 0.514. The molecular weight excluding hydrogens is 330 g/mol. The van der Waals surface area contributed by atoms with Gasteiger partial charge in [-0.2, -0.15) is 5.26 Å². The van der Waals surface area contributed by atoms with Crippen LogP contribution in [0, 0.1) is 29.1 Å². The average molecular weight is 358 g/mol. The first kappa shape index (κ1) is 19.0. The summed E-state index contributed by atoms with van der Waals surface area (Å²) in [7, 11) is 0. The Balaban J connectivity index is 1.76. The molecule has 0 N–H and O–H groups in total. The Morgan fingerprint density at radius 2 is 2.00 bits per heavy atom. The molecule has 1 aliphatic rings. The largest absolute Gasteiger partial charge is 0.294 e. The van der Waals surface area contributed by atoms with Crippen molar-refractivity contribution in [3.05, 3.63) is 59.9 Å². The van der Waals surface area contributed by atoms with Crippen LogP contribution in [-0.4, -0.2) is 17.2 Å². The predicted molar refractivity (Wildman–Crippen MR) is 112 cm³/mol. The van der Waals surface area contributed by atoms with Gasteiger partial charge in [-0.1, -0.05) is 44.2 Å². The lowest BCUT2D eigenvalue weighted by Gasteiger charge is -2.33. The molecule has 2 aromatic rings. The number of allylic oxidation sites excluding steroid dienone is 1. The maximum atomic E-state index is 9.28. The van der Waals surface area contributed by atoms with E-state index in [1.54, 1.807) is 0 Å². The summed E-state index contributed by atoms with van der Waals surface area (Å²) in [4.78, 5) is 9.26. The average Bonchev–Trinajstić information content (AvgIpc) is 2.70. The molecule has 0 bridgehead atoms. The van der Waals surface area contributed by atoms with Crippen LogP contribution in [0.4, 0.5) is 0 Å². The Kier molecular flexibility index (Phi) is 6.19. The predicted octanol–water partition coefficient (Wildman–Crippen LogP) is 5.78. The number of hydrogen-bond donors (Lipinski definition) is 0. The van der Waals surface area contributed by atoms with E-state index in [9.17, 15) is 5.26 Å². The molecule has 1 heterocycles. The molecule has 1 fully saturated rings. The van der Waals surface area contributed by atoms with E-state index in [2.05, 4.69) is 49.0 Å². The van der Waals surface area contributed by atoms with Crippen LogP contribution in [0.2, 0.25) is 0 Å². The van der Waals surface area contributed by atoms with Gasteiger partial charge in [0.05, 0.1) is 17.3 Å². The molecule has 3 rings (SSSR count). The van der Waals surface area contributed by atoms with Crippen LogP contribution in [0.15, 0.2) is 53.7 Å². The van der Waals surface area contributed by atoms with Gasteiger partial charge in [0.1, 0.15) is 0 Å². The summed E-state index contributed by atoms with van der Waals surface area (Å²) in [5, 5.41) is 9.28. The minimum Gasteiger partial charge on any atom is -0.294 e. The van der Waals surface area contributed by atoms with Gasteiger partial charge in [-0.3, -0.25) is 9.98 Å². The van der Waals surface area contributed by atoms with Crippen molar-refractivity contribution >= 4 is 11.8 Å². The summed E-state index contributed by atoms with van der Waals surface area (Å²) in [5.41, 5.74) is 4.89. The van der Waals surface area contributed by atoms with E-state index in [4.69, 9.17) is 0 Å². The highest BCUT2D eigenvalue weighted by Gasteiger charge is 2.28. The molecular formula is C24H27N3. The Morgan fingerprint density at radius 1 is 1.19 bits per heavy atom. The van der Waals surface area contributed by atoms with Crippen LogP contribution in [0.25, 0.3) is 17.2 Å². The number of aromatic nitrogens is 1. The molecule has 1 aliphatic carbocycles. The second-order valence-corrected chi connectivity index (χ2v) is 7.44. The van der Waals surface area contributed by atoms with Crippen molar-refractivity contribution in [3.8, 4) is 17.2 Å². The summed E-state index contributed by atoms with van der Waals surface area (Å²) in [6, 6.07) is 13.9. The molecule has 1 aromatic heterocycles. The van der Waals surface area contributed by atoms with E-state index in [1.807, 2.05) is 42.6 Å². The highest BCUT2D eigenvalue weighted by Crippen LogP contribution is 2.34. The first-order chi connectivity index (χ1) is 13.1. The Hall–Kier alpha value is -2.73. The molecule has 3 heteroatoms. The molecule has 0 amide bonds. The van der Waals surface area contributed by atoms with E-state index < -0.39 is 0 Å². The van der Waals surface area contributed by atoms with Crippen molar-refractivity contribution in [1.29, 1.82) is 5.26 Å². The zero-order valence-corrected chi connectivity index (χ0v) is 16.4. The van der Waals surface area contributed by atoms with E-state index in [-0.39, 0.29) is 0 Å². The SMILES string of the molecule is CCN=C1C[C@@H](/C=C/c2ccc(-c3ccccc3C#N)cn2)[C@H](C)[C@@H](C)C1. The second kappa shape index (κ2) is 8.77. The fraction of sp³-hybridized carbons (Fsp3) is 0.375.